The maximum absolute atomic E-state index is 13.4. The number of nitrogen functional groups attached to an aromatic ring is 1. The number of nitrogens with zero attached hydrogens (tertiary/aromatic N) is 1. The van der Waals surface area contributed by atoms with Gasteiger partial charge in [-0.3, -0.25) is 0 Å². The number of halogens is 1. The first kappa shape index (κ1) is 13.4. The van der Waals surface area contributed by atoms with Gasteiger partial charge < -0.3 is 10.6 Å². The summed E-state index contributed by atoms with van der Waals surface area (Å²) in [7, 11) is 0. The molecule has 0 saturated heterocycles. The molecule has 100 valence electrons. The summed E-state index contributed by atoms with van der Waals surface area (Å²) in [5, 5.41) is 0. The van der Waals surface area contributed by atoms with E-state index in [0.717, 1.165) is 17.8 Å². The van der Waals surface area contributed by atoms with Crippen LogP contribution in [0.25, 0.3) is 0 Å². The van der Waals surface area contributed by atoms with E-state index in [1.807, 2.05) is 6.07 Å². The Bertz CT molecular complexity index is 549. The second-order valence-electron chi connectivity index (χ2n) is 4.71. The lowest BCUT2D eigenvalue weighted by Crippen LogP contribution is -2.22. The summed E-state index contributed by atoms with van der Waals surface area (Å²) in [6, 6.07) is 13.3. The zero-order valence-electron chi connectivity index (χ0n) is 11.4. The van der Waals surface area contributed by atoms with Gasteiger partial charge in [-0.1, -0.05) is 23.8 Å². The van der Waals surface area contributed by atoms with Crippen LogP contribution in [-0.4, -0.2) is 6.54 Å². The van der Waals surface area contributed by atoms with E-state index >= 15 is 0 Å². The van der Waals surface area contributed by atoms with Gasteiger partial charge in [-0.15, -0.1) is 0 Å². The highest BCUT2D eigenvalue weighted by Crippen LogP contribution is 2.19. The van der Waals surface area contributed by atoms with Crippen molar-refractivity contribution in [1.82, 2.24) is 0 Å². The van der Waals surface area contributed by atoms with Gasteiger partial charge in [-0.05, 0) is 43.7 Å². The number of nitrogens with two attached hydrogens (primary N) is 1. The number of benzene rings is 2. The van der Waals surface area contributed by atoms with Crippen LogP contribution in [0.15, 0.2) is 42.5 Å². The summed E-state index contributed by atoms with van der Waals surface area (Å²) in [5.41, 5.74) is 8.99. The lowest BCUT2D eigenvalue weighted by molar-refractivity contribution is 0.629. The highest BCUT2D eigenvalue weighted by atomic mass is 19.1. The fraction of sp³-hybridized carbons (Fsp3) is 0.250. The van der Waals surface area contributed by atoms with Gasteiger partial charge in [0.25, 0.3) is 0 Å². The molecular weight excluding hydrogens is 239 g/mol. The van der Waals surface area contributed by atoms with Crippen molar-refractivity contribution in [3.8, 4) is 0 Å². The van der Waals surface area contributed by atoms with Crippen LogP contribution >= 0.6 is 0 Å². The third kappa shape index (κ3) is 3.25. The third-order valence-corrected chi connectivity index (χ3v) is 3.22. The van der Waals surface area contributed by atoms with Crippen LogP contribution in [0.2, 0.25) is 0 Å². The molecule has 2 nitrogen and oxygen atoms in total. The van der Waals surface area contributed by atoms with E-state index in [1.54, 1.807) is 6.07 Å². The molecule has 0 unspecified atom stereocenters. The Labute approximate surface area is 113 Å². The van der Waals surface area contributed by atoms with Gasteiger partial charge in [0.1, 0.15) is 5.82 Å². The average molecular weight is 258 g/mol. The van der Waals surface area contributed by atoms with E-state index in [2.05, 4.69) is 43.0 Å². The van der Waals surface area contributed by atoms with E-state index in [4.69, 9.17) is 5.73 Å². The molecule has 0 fully saturated rings. The molecular formula is C16H19FN2. The predicted molar refractivity (Wildman–Crippen MR) is 78.7 cm³/mol. The second-order valence-corrected chi connectivity index (χ2v) is 4.71. The lowest BCUT2D eigenvalue weighted by atomic mass is 10.1. The average Bonchev–Trinajstić information content (AvgIpc) is 2.41. The van der Waals surface area contributed by atoms with Crippen molar-refractivity contribution in [1.29, 1.82) is 0 Å². The Morgan fingerprint density at radius 1 is 1.11 bits per heavy atom. The maximum atomic E-state index is 13.4. The van der Waals surface area contributed by atoms with Crippen molar-refractivity contribution in [2.75, 3.05) is 17.2 Å². The van der Waals surface area contributed by atoms with Crippen LogP contribution in [0.1, 0.15) is 18.1 Å². The first-order chi connectivity index (χ1) is 9.10. The minimum atomic E-state index is -0.350. The SMILES string of the molecule is CCN(Cc1ccc(N)c(F)c1)c1ccc(C)cc1. The van der Waals surface area contributed by atoms with Crippen LogP contribution < -0.4 is 10.6 Å². The van der Waals surface area contributed by atoms with E-state index in [0.29, 0.717) is 6.54 Å². The number of rotatable bonds is 4. The van der Waals surface area contributed by atoms with Crippen LogP contribution in [0.4, 0.5) is 15.8 Å². The van der Waals surface area contributed by atoms with Crippen molar-refractivity contribution < 1.29 is 4.39 Å². The smallest absolute Gasteiger partial charge is 0.146 e. The summed E-state index contributed by atoms with van der Waals surface area (Å²) < 4.78 is 13.4. The molecule has 2 aromatic carbocycles. The Kier molecular flexibility index (Phi) is 4.05. The quantitative estimate of drug-likeness (QED) is 0.846. The van der Waals surface area contributed by atoms with Crippen molar-refractivity contribution in [2.24, 2.45) is 0 Å². The molecule has 0 bridgehead atoms. The maximum Gasteiger partial charge on any atom is 0.146 e. The van der Waals surface area contributed by atoms with Crippen LogP contribution in [0.3, 0.4) is 0 Å². The van der Waals surface area contributed by atoms with Gasteiger partial charge in [0, 0.05) is 18.8 Å². The van der Waals surface area contributed by atoms with E-state index < -0.39 is 0 Å². The molecule has 0 amide bonds. The molecule has 0 saturated carbocycles. The summed E-state index contributed by atoms with van der Waals surface area (Å²) in [6.07, 6.45) is 0. The number of anilines is 2. The first-order valence-electron chi connectivity index (χ1n) is 6.45. The standard InChI is InChI=1S/C16H19FN2/c1-3-19(14-7-4-12(2)5-8-14)11-13-6-9-16(18)15(17)10-13/h4-10H,3,11,18H2,1-2H3. The fourth-order valence-electron chi connectivity index (χ4n) is 2.03. The molecule has 2 N–H and O–H groups in total. The van der Waals surface area contributed by atoms with E-state index in [1.165, 1.54) is 11.6 Å². The van der Waals surface area contributed by atoms with Gasteiger partial charge >= 0.3 is 0 Å². The molecule has 0 aliphatic rings. The number of hydrogen-bond acceptors (Lipinski definition) is 2. The molecule has 3 heteroatoms. The summed E-state index contributed by atoms with van der Waals surface area (Å²) in [4.78, 5) is 2.20. The van der Waals surface area contributed by atoms with E-state index in [9.17, 15) is 4.39 Å². The molecule has 0 spiro atoms. The van der Waals surface area contributed by atoms with Crippen LogP contribution in [0, 0.1) is 12.7 Å². The highest BCUT2D eigenvalue weighted by molar-refractivity contribution is 5.49. The van der Waals surface area contributed by atoms with Gasteiger partial charge in [-0.2, -0.15) is 0 Å². The molecule has 19 heavy (non-hydrogen) atoms. The van der Waals surface area contributed by atoms with Gasteiger partial charge in [0.15, 0.2) is 0 Å². The topological polar surface area (TPSA) is 29.3 Å². The minimum Gasteiger partial charge on any atom is -0.396 e. The number of hydrogen-bond donors (Lipinski definition) is 1. The summed E-state index contributed by atoms with van der Waals surface area (Å²) >= 11 is 0. The molecule has 0 atom stereocenters. The second kappa shape index (κ2) is 5.74. The van der Waals surface area contributed by atoms with Gasteiger partial charge in [-0.25, -0.2) is 4.39 Å². The predicted octanol–water partition coefficient (Wildman–Crippen LogP) is 3.74. The molecule has 0 aliphatic heterocycles. The zero-order chi connectivity index (χ0) is 13.8. The van der Waals surface area contributed by atoms with Crippen LogP contribution in [-0.2, 0) is 6.54 Å². The van der Waals surface area contributed by atoms with Crippen LogP contribution in [0.5, 0.6) is 0 Å². The normalized spacial score (nSPS) is 10.5. The molecule has 2 rings (SSSR count). The fourth-order valence-corrected chi connectivity index (χ4v) is 2.03. The monoisotopic (exact) mass is 258 g/mol. The van der Waals surface area contributed by atoms with Gasteiger partial charge in [0.05, 0.1) is 5.69 Å². The first-order valence-corrected chi connectivity index (χ1v) is 6.45. The lowest BCUT2D eigenvalue weighted by Gasteiger charge is -2.23. The number of aryl methyl sites for hydroxylation is 1. The Morgan fingerprint density at radius 3 is 2.37 bits per heavy atom. The molecule has 0 radical (unpaired) electrons. The zero-order valence-corrected chi connectivity index (χ0v) is 11.4. The minimum absolute atomic E-state index is 0.196. The molecule has 0 aromatic heterocycles. The summed E-state index contributed by atoms with van der Waals surface area (Å²) in [6.45, 7) is 5.70. The van der Waals surface area contributed by atoms with Gasteiger partial charge in [0.2, 0.25) is 0 Å². The molecule has 2 aromatic rings. The van der Waals surface area contributed by atoms with Crippen molar-refractivity contribution >= 4 is 11.4 Å². The largest absolute Gasteiger partial charge is 0.396 e. The third-order valence-electron chi connectivity index (χ3n) is 3.22. The molecule has 0 aliphatic carbocycles. The molecule has 0 heterocycles. The Morgan fingerprint density at radius 2 is 1.79 bits per heavy atom. The Balaban J connectivity index is 2.18. The summed E-state index contributed by atoms with van der Waals surface area (Å²) in [5.74, 6) is -0.350. The van der Waals surface area contributed by atoms with E-state index in [-0.39, 0.29) is 11.5 Å². The van der Waals surface area contributed by atoms with Crippen molar-refractivity contribution in [3.05, 3.63) is 59.4 Å². The highest BCUT2D eigenvalue weighted by Gasteiger charge is 2.07. The van der Waals surface area contributed by atoms with Crippen molar-refractivity contribution in [3.63, 3.8) is 0 Å². The Hall–Kier alpha value is -2.03. The van der Waals surface area contributed by atoms with Crippen molar-refractivity contribution in [2.45, 2.75) is 20.4 Å².